The number of benzene rings is 2. The number of amides is 4. The highest BCUT2D eigenvalue weighted by molar-refractivity contribution is 5.94. The molecule has 0 aliphatic carbocycles. The molecule has 0 saturated carbocycles. The molecule has 2 rings (SSSR count). The van der Waals surface area contributed by atoms with E-state index < -0.39 is 53.8 Å². The standard InChI is InChI=1S/C28H37N5O6/c1-17(2)24(33-25(35)20(29)15-18-9-5-3-6-10-18)27(37)31-21(13-14-23(30)34)26(36)32-22(28(38)39)16-19-11-7-4-8-12-19/h3-12,17,20-22,24H,13-16,29H2,1-2H3,(H2,30,34)(H,31,37)(H,32,36)(H,33,35)(H,38,39). The predicted octanol–water partition coefficient (Wildman–Crippen LogP) is 0.260. The van der Waals surface area contributed by atoms with Crippen LogP contribution in [-0.4, -0.2) is 58.9 Å². The van der Waals surface area contributed by atoms with Crippen LogP contribution in [-0.2, 0) is 36.8 Å². The molecule has 8 N–H and O–H groups in total. The van der Waals surface area contributed by atoms with Crippen molar-refractivity contribution in [3.8, 4) is 0 Å². The highest BCUT2D eigenvalue weighted by Crippen LogP contribution is 2.09. The smallest absolute Gasteiger partial charge is 0.326 e. The van der Waals surface area contributed by atoms with Gasteiger partial charge >= 0.3 is 5.97 Å². The number of nitrogens with one attached hydrogen (secondary N) is 3. The molecular weight excluding hydrogens is 502 g/mol. The summed E-state index contributed by atoms with van der Waals surface area (Å²) in [6.07, 6.45) is -0.102. The van der Waals surface area contributed by atoms with Gasteiger partial charge in [0.15, 0.2) is 0 Å². The quantitative estimate of drug-likeness (QED) is 0.187. The summed E-state index contributed by atoms with van der Waals surface area (Å²) in [5.74, 6) is -4.33. The number of carbonyl (C=O) groups excluding carboxylic acids is 4. The second-order valence-electron chi connectivity index (χ2n) is 9.68. The lowest BCUT2D eigenvalue weighted by Gasteiger charge is -2.27. The lowest BCUT2D eigenvalue weighted by molar-refractivity contribution is -0.142. The first-order chi connectivity index (χ1) is 18.5. The first-order valence-corrected chi connectivity index (χ1v) is 12.7. The van der Waals surface area contributed by atoms with Gasteiger partial charge in [0.05, 0.1) is 6.04 Å². The van der Waals surface area contributed by atoms with E-state index in [0.717, 1.165) is 5.56 Å². The van der Waals surface area contributed by atoms with E-state index in [1.807, 2.05) is 30.3 Å². The van der Waals surface area contributed by atoms with Crippen molar-refractivity contribution in [1.29, 1.82) is 0 Å². The van der Waals surface area contributed by atoms with Gasteiger partial charge in [0, 0.05) is 12.8 Å². The summed E-state index contributed by atoms with van der Waals surface area (Å²) >= 11 is 0. The molecule has 11 heteroatoms. The molecular formula is C28H37N5O6. The number of rotatable bonds is 15. The fourth-order valence-electron chi connectivity index (χ4n) is 3.90. The molecule has 0 spiro atoms. The second-order valence-corrected chi connectivity index (χ2v) is 9.68. The number of aliphatic carboxylic acids is 1. The van der Waals surface area contributed by atoms with Crippen molar-refractivity contribution in [3.63, 3.8) is 0 Å². The Morgan fingerprint density at radius 2 is 1.26 bits per heavy atom. The lowest BCUT2D eigenvalue weighted by atomic mass is 10.00. The maximum Gasteiger partial charge on any atom is 0.326 e. The van der Waals surface area contributed by atoms with Gasteiger partial charge < -0.3 is 32.5 Å². The van der Waals surface area contributed by atoms with Crippen LogP contribution in [0.1, 0.15) is 37.8 Å². The minimum absolute atomic E-state index is 0.0162. The number of carboxylic acids is 1. The molecule has 0 radical (unpaired) electrons. The summed E-state index contributed by atoms with van der Waals surface area (Å²) in [7, 11) is 0. The van der Waals surface area contributed by atoms with Crippen molar-refractivity contribution in [2.75, 3.05) is 0 Å². The molecule has 0 fully saturated rings. The average molecular weight is 540 g/mol. The second kappa shape index (κ2) is 15.2. The fraction of sp³-hybridized carbons (Fsp3) is 0.393. The third-order valence-electron chi connectivity index (χ3n) is 6.09. The van der Waals surface area contributed by atoms with Gasteiger partial charge in [0.25, 0.3) is 0 Å². The van der Waals surface area contributed by atoms with Crippen LogP contribution >= 0.6 is 0 Å². The van der Waals surface area contributed by atoms with Gasteiger partial charge in [-0.2, -0.15) is 0 Å². The van der Waals surface area contributed by atoms with Crippen LogP contribution in [0.2, 0.25) is 0 Å². The molecule has 0 saturated heterocycles. The number of carboxylic acid groups (broad SMARTS) is 1. The fourth-order valence-corrected chi connectivity index (χ4v) is 3.90. The summed E-state index contributed by atoms with van der Waals surface area (Å²) in [6.45, 7) is 3.43. The van der Waals surface area contributed by atoms with Gasteiger partial charge in [0.2, 0.25) is 23.6 Å². The van der Waals surface area contributed by atoms with Crippen molar-refractivity contribution >= 4 is 29.6 Å². The Hall–Kier alpha value is -4.25. The summed E-state index contributed by atoms with van der Waals surface area (Å²) < 4.78 is 0. The maximum atomic E-state index is 13.2. The number of hydrogen-bond donors (Lipinski definition) is 6. The van der Waals surface area contributed by atoms with E-state index in [0.29, 0.717) is 5.56 Å². The Morgan fingerprint density at radius 3 is 1.74 bits per heavy atom. The first-order valence-electron chi connectivity index (χ1n) is 12.7. The third kappa shape index (κ3) is 10.6. The molecule has 2 aromatic carbocycles. The van der Waals surface area contributed by atoms with Gasteiger partial charge in [-0.3, -0.25) is 19.2 Å². The first kappa shape index (κ1) is 31.0. The number of primary amides is 1. The number of hydrogen-bond acceptors (Lipinski definition) is 6. The monoisotopic (exact) mass is 539 g/mol. The molecule has 0 aromatic heterocycles. The Labute approximate surface area is 227 Å². The van der Waals surface area contributed by atoms with E-state index in [2.05, 4.69) is 16.0 Å². The molecule has 4 atom stereocenters. The molecule has 0 aliphatic heterocycles. The van der Waals surface area contributed by atoms with Gasteiger partial charge in [-0.25, -0.2) is 4.79 Å². The van der Waals surface area contributed by atoms with Crippen LogP contribution in [0.5, 0.6) is 0 Å². The van der Waals surface area contributed by atoms with Crippen LogP contribution in [0, 0.1) is 5.92 Å². The molecule has 4 unspecified atom stereocenters. The summed E-state index contributed by atoms with van der Waals surface area (Å²) in [6, 6.07) is 13.4. The normalized spacial score (nSPS) is 13.9. The summed E-state index contributed by atoms with van der Waals surface area (Å²) in [5.41, 5.74) is 12.9. The number of carbonyl (C=O) groups is 5. The molecule has 0 aliphatic rings. The molecule has 0 bridgehead atoms. The van der Waals surface area contributed by atoms with E-state index in [1.165, 1.54) is 0 Å². The van der Waals surface area contributed by atoms with E-state index in [-0.39, 0.29) is 31.6 Å². The molecule has 39 heavy (non-hydrogen) atoms. The van der Waals surface area contributed by atoms with Crippen molar-refractivity contribution in [1.82, 2.24) is 16.0 Å². The van der Waals surface area contributed by atoms with Gasteiger partial charge in [0.1, 0.15) is 18.1 Å². The Morgan fingerprint density at radius 1 is 0.744 bits per heavy atom. The predicted molar refractivity (Wildman–Crippen MR) is 145 cm³/mol. The Kier molecular flexibility index (Phi) is 12.1. The summed E-state index contributed by atoms with van der Waals surface area (Å²) in [5, 5.41) is 17.3. The lowest BCUT2D eigenvalue weighted by Crippen LogP contribution is -2.58. The van der Waals surface area contributed by atoms with E-state index in [1.54, 1.807) is 44.2 Å². The van der Waals surface area contributed by atoms with Crippen molar-refractivity contribution < 1.29 is 29.1 Å². The minimum Gasteiger partial charge on any atom is -0.480 e. The Balaban J connectivity index is 2.12. The van der Waals surface area contributed by atoms with E-state index in [9.17, 15) is 29.1 Å². The van der Waals surface area contributed by atoms with Crippen molar-refractivity contribution in [2.24, 2.45) is 17.4 Å². The zero-order valence-electron chi connectivity index (χ0n) is 22.1. The van der Waals surface area contributed by atoms with Crippen LogP contribution in [0.4, 0.5) is 0 Å². The minimum atomic E-state index is -1.27. The highest BCUT2D eigenvalue weighted by atomic mass is 16.4. The highest BCUT2D eigenvalue weighted by Gasteiger charge is 2.32. The van der Waals surface area contributed by atoms with Crippen LogP contribution < -0.4 is 27.4 Å². The maximum absolute atomic E-state index is 13.2. The molecule has 4 amide bonds. The molecule has 11 nitrogen and oxygen atoms in total. The average Bonchev–Trinajstić information content (AvgIpc) is 2.89. The van der Waals surface area contributed by atoms with E-state index >= 15 is 0 Å². The largest absolute Gasteiger partial charge is 0.480 e. The third-order valence-corrected chi connectivity index (χ3v) is 6.09. The van der Waals surface area contributed by atoms with Crippen LogP contribution in [0.3, 0.4) is 0 Å². The van der Waals surface area contributed by atoms with Crippen LogP contribution in [0.25, 0.3) is 0 Å². The van der Waals surface area contributed by atoms with E-state index in [4.69, 9.17) is 11.5 Å². The SMILES string of the molecule is CC(C)C(NC(=O)C(N)Cc1ccccc1)C(=O)NC(CCC(N)=O)C(=O)NC(Cc1ccccc1)C(=O)O. The summed E-state index contributed by atoms with van der Waals surface area (Å²) in [4.78, 5) is 62.3. The van der Waals surface area contributed by atoms with Gasteiger partial charge in [-0.15, -0.1) is 0 Å². The number of nitrogens with two attached hydrogens (primary N) is 2. The zero-order valence-corrected chi connectivity index (χ0v) is 22.1. The molecule has 2 aromatic rings. The Bertz CT molecular complexity index is 1130. The van der Waals surface area contributed by atoms with Gasteiger partial charge in [-0.05, 0) is 29.9 Å². The molecule has 210 valence electrons. The topological polar surface area (TPSA) is 194 Å². The molecule has 0 heterocycles. The zero-order chi connectivity index (χ0) is 28.9. The van der Waals surface area contributed by atoms with Crippen molar-refractivity contribution in [3.05, 3.63) is 71.8 Å². The van der Waals surface area contributed by atoms with Crippen LogP contribution in [0.15, 0.2) is 60.7 Å². The van der Waals surface area contributed by atoms with Crippen molar-refractivity contribution in [2.45, 2.75) is 63.7 Å². The van der Waals surface area contributed by atoms with Gasteiger partial charge in [-0.1, -0.05) is 74.5 Å².